The number of carboxylic acids is 1. The van der Waals surface area contributed by atoms with Crippen molar-refractivity contribution < 1.29 is 25.2 Å². The van der Waals surface area contributed by atoms with Gasteiger partial charge in [0.25, 0.3) is 0 Å². The van der Waals surface area contributed by atoms with Gasteiger partial charge < -0.3 is 10.2 Å². The van der Waals surface area contributed by atoms with Gasteiger partial charge in [-0.15, -0.1) is 0 Å². The number of aliphatic hydroxyl groups excluding tert-OH is 1. The van der Waals surface area contributed by atoms with E-state index < -0.39 is 24.1 Å². The summed E-state index contributed by atoms with van der Waals surface area (Å²) in [7, 11) is 0. The molecule has 0 saturated carbocycles. The molecule has 5 nitrogen and oxygen atoms in total. The van der Waals surface area contributed by atoms with Crippen LogP contribution in [0.15, 0.2) is 0 Å². The van der Waals surface area contributed by atoms with E-state index in [1.54, 1.807) is 0 Å². The highest BCUT2D eigenvalue weighted by atomic mass is 17.1. The van der Waals surface area contributed by atoms with Crippen LogP contribution in [0.3, 0.4) is 0 Å². The molecular weight excluding hydrogens is 164 g/mol. The minimum atomic E-state index is -1.25. The van der Waals surface area contributed by atoms with Crippen molar-refractivity contribution in [3.05, 3.63) is 0 Å². The molecule has 0 bridgehead atoms. The van der Waals surface area contributed by atoms with Crippen LogP contribution in [0.2, 0.25) is 0 Å². The van der Waals surface area contributed by atoms with Gasteiger partial charge in [-0.1, -0.05) is 0 Å². The zero-order valence-corrected chi connectivity index (χ0v) is 7.15. The third-order valence-electron chi connectivity index (χ3n) is 1.78. The molecule has 0 aromatic rings. The van der Waals surface area contributed by atoms with Crippen molar-refractivity contribution in [1.82, 2.24) is 0 Å². The second-order valence-electron chi connectivity index (χ2n) is 3.14. The van der Waals surface area contributed by atoms with E-state index in [2.05, 4.69) is 4.89 Å². The van der Waals surface area contributed by atoms with Crippen LogP contribution in [0.5, 0.6) is 0 Å². The molecule has 0 saturated heterocycles. The first-order chi connectivity index (χ1) is 5.46. The summed E-state index contributed by atoms with van der Waals surface area (Å²) in [5, 5.41) is 25.7. The zero-order valence-electron chi connectivity index (χ0n) is 7.15. The second-order valence-corrected chi connectivity index (χ2v) is 3.14. The van der Waals surface area contributed by atoms with E-state index in [4.69, 9.17) is 15.5 Å². The van der Waals surface area contributed by atoms with Gasteiger partial charge in [-0.3, -0.25) is 10.1 Å². The first kappa shape index (κ1) is 11.4. The summed E-state index contributed by atoms with van der Waals surface area (Å²) in [5.41, 5.74) is -1.25. The third-order valence-corrected chi connectivity index (χ3v) is 1.78. The van der Waals surface area contributed by atoms with Crippen molar-refractivity contribution in [3.63, 3.8) is 0 Å². The van der Waals surface area contributed by atoms with Crippen LogP contribution in [-0.4, -0.2) is 34.2 Å². The lowest BCUT2D eigenvalue weighted by atomic mass is 9.86. The van der Waals surface area contributed by atoms with E-state index in [0.717, 1.165) is 0 Å². The predicted octanol–water partition coefficient (Wildman–Crippen LogP) is 0.338. The molecule has 0 aromatic heterocycles. The average Bonchev–Trinajstić information content (AvgIpc) is 2.03. The van der Waals surface area contributed by atoms with Gasteiger partial charge in [0.05, 0.1) is 18.1 Å². The molecule has 3 N–H and O–H groups in total. The largest absolute Gasteiger partial charge is 0.481 e. The van der Waals surface area contributed by atoms with E-state index in [9.17, 15) is 4.79 Å². The summed E-state index contributed by atoms with van der Waals surface area (Å²) in [6, 6.07) is 0. The SMILES string of the molecule is CC(C[C@](C)(CO)C(=O)O)OO. The van der Waals surface area contributed by atoms with Crippen LogP contribution in [0.25, 0.3) is 0 Å². The van der Waals surface area contributed by atoms with E-state index in [1.165, 1.54) is 13.8 Å². The third kappa shape index (κ3) is 2.77. The molecule has 0 spiro atoms. The van der Waals surface area contributed by atoms with Crippen molar-refractivity contribution in [2.24, 2.45) is 5.41 Å². The van der Waals surface area contributed by atoms with Gasteiger partial charge in [0.15, 0.2) is 0 Å². The molecule has 5 heteroatoms. The maximum absolute atomic E-state index is 10.6. The lowest BCUT2D eigenvalue weighted by molar-refractivity contribution is -0.279. The Labute approximate surface area is 70.5 Å². The predicted molar refractivity (Wildman–Crippen MR) is 40.6 cm³/mol. The summed E-state index contributed by atoms with van der Waals surface area (Å²) >= 11 is 0. The van der Waals surface area contributed by atoms with Gasteiger partial charge >= 0.3 is 5.97 Å². The minimum absolute atomic E-state index is 0.0648. The summed E-state index contributed by atoms with van der Waals surface area (Å²) in [5.74, 6) is -1.10. The molecule has 0 radical (unpaired) electrons. The highest BCUT2D eigenvalue weighted by Crippen LogP contribution is 2.23. The summed E-state index contributed by atoms with van der Waals surface area (Å²) in [6.07, 6.45) is -0.534. The lowest BCUT2D eigenvalue weighted by Crippen LogP contribution is -2.35. The van der Waals surface area contributed by atoms with E-state index >= 15 is 0 Å². The molecule has 12 heavy (non-hydrogen) atoms. The second kappa shape index (κ2) is 4.39. The lowest BCUT2D eigenvalue weighted by Gasteiger charge is -2.23. The Kier molecular flexibility index (Phi) is 4.16. The van der Waals surface area contributed by atoms with Gasteiger partial charge in [0, 0.05) is 0 Å². The number of carbonyl (C=O) groups is 1. The van der Waals surface area contributed by atoms with Crippen LogP contribution >= 0.6 is 0 Å². The van der Waals surface area contributed by atoms with E-state index in [0.29, 0.717) is 0 Å². The number of rotatable bonds is 5. The monoisotopic (exact) mass is 178 g/mol. The first-order valence-electron chi connectivity index (χ1n) is 3.60. The minimum Gasteiger partial charge on any atom is -0.481 e. The fraction of sp³-hybridized carbons (Fsp3) is 0.857. The zero-order chi connectivity index (χ0) is 9.78. The van der Waals surface area contributed by atoms with Crippen molar-refractivity contribution in [2.45, 2.75) is 26.4 Å². The Bertz CT molecular complexity index is 158. The quantitative estimate of drug-likeness (QED) is 0.417. The summed E-state index contributed by atoms with van der Waals surface area (Å²) in [6.45, 7) is 2.44. The van der Waals surface area contributed by atoms with Crippen LogP contribution < -0.4 is 0 Å². The average molecular weight is 178 g/mol. The molecule has 0 aliphatic rings. The Morgan fingerprint density at radius 2 is 2.17 bits per heavy atom. The number of carboxylic acid groups (broad SMARTS) is 1. The smallest absolute Gasteiger partial charge is 0.311 e. The molecule has 0 fully saturated rings. The molecular formula is C7H14O5. The van der Waals surface area contributed by atoms with E-state index in [1.807, 2.05) is 0 Å². The maximum Gasteiger partial charge on any atom is 0.311 e. The van der Waals surface area contributed by atoms with Crippen molar-refractivity contribution in [2.75, 3.05) is 6.61 Å². The summed E-state index contributed by atoms with van der Waals surface area (Å²) in [4.78, 5) is 14.5. The van der Waals surface area contributed by atoms with Gasteiger partial charge in [-0.25, -0.2) is 4.89 Å². The van der Waals surface area contributed by atoms with Gasteiger partial charge in [0.1, 0.15) is 0 Å². The van der Waals surface area contributed by atoms with Gasteiger partial charge in [-0.05, 0) is 20.3 Å². The molecule has 0 rings (SSSR count). The van der Waals surface area contributed by atoms with Crippen LogP contribution in [-0.2, 0) is 9.68 Å². The van der Waals surface area contributed by atoms with Crippen LogP contribution in [0.4, 0.5) is 0 Å². The normalized spacial score (nSPS) is 18.3. The van der Waals surface area contributed by atoms with Crippen molar-refractivity contribution in [3.8, 4) is 0 Å². The molecule has 1 unspecified atom stereocenters. The first-order valence-corrected chi connectivity index (χ1v) is 3.60. The summed E-state index contributed by atoms with van der Waals surface area (Å²) < 4.78 is 0. The Balaban J connectivity index is 4.23. The highest BCUT2D eigenvalue weighted by molar-refractivity contribution is 5.74. The van der Waals surface area contributed by atoms with Crippen molar-refractivity contribution >= 4 is 5.97 Å². The number of hydrogen-bond donors (Lipinski definition) is 3. The van der Waals surface area contributed by atoms with E-state index in [-0.39, 0.29) is 6.42 Å². The van der Waals surface area contributed by atoms with Gasteiger partial charge in [-0.2, -0.15) is 0 Å². The maximum atomic E-state index is 10.6. The molecule has 2 atom stereocenters. The van der Waals surface area contributed by atoms with Crippen molar-refractivity contribution in [1.29, 1.82) is 0 Å². The fourth-order valence-electron chi connectivity index (χ4n) is 0.891. The van der Waals surface area contributed by atoms with Crippen LogP contribution in [0, 0.1) is 5.41 Å². The Hall–Kier alpha value is -0.650. The standard InChI is InChI=1S/C7H14O5/c1-5(12-11)3-7(2,4-8)6(9)10/h5,8,11H,3-4H2,1-2H3,(H,9,10)/t5?,7-/m1/s1. The molecule has 0 aliphatic heterocycles. The Morgan fingerprint density at radius 1 is 1.67 bits per heavy atom. The molecule has 72 valence electrons. The fourth-order valence-corrected chi connectivity index (χ4v) is 0.891. The number of aliphatic carboxylic acids is 1. The van der Waals surface area contributed by atoms with Gasteiger partial charge in [0.2, 0.25) is 0 Å². The highest BCUT2D eigenvalue weighted by Gasteiger charge is 2.34. The molecule has 0 aliphatic carbocycles. The molecule has 0 aromatic carbocycles. The van der Waals surface area contributed by atoms with Crippen LogP contribution in [0.1, 0.15) is 20.3 Å². The molecule has 0 heterocycles. The topological polar surface area (TPSA) is 87.0 Å². The number of hydrogen-bond acceptors (Lipinski definition) is 4. The molecule has 0 amide bonds. The number of aliphatic hydroxyl groups is 1. The Morgan fingerprint density at radius 3 is 2.42 bits per heavy atom.